The highest BCUT2D eigenvalue weighted by Gasteiger charge is 2.16. The number of nitrogens with one attached hydrogen (secondary N) is 2. The molecule has 0 aromatic heterocycles. The third kappa shape index (κ3) is 5.20. The van der Waals surface area contributed by atoms with Gasteiger partial charge in [-0.05, 0) is 67.4 Å². The highest BCUT2D eigenvalue weighted by Crippen LogP contribution is 2.21. The number of anilines is 1. The van der Waals surface area contributed by atoms with Crippen LogP contribution in [0.2, 0.25) is 0 Å². The van der Waals surface area contributed by atoms with Crippen LogP contribution in [0.5, 0.6) is 0 Å². The molecule has 0 spiro atoms. The lowest BCUT2D eigenvalue weighted by Gasteiger charge is -2.12. The summed E-state index contributed by atoms with van der Waals surface area (Å²) in [4.78, 5) is 12.5. The first-order valence-electron chi connectivity index (χ1n) is 8.97. The summed E-state index contributed by atoms with van der Waals surface area (Å²) in [6.07, 6.45) is 0. The van der Waals surface area contributed by atoms with Gasteiger partial charge in [0.1, 0.15) is 5.82 Å². The Morgan fingerprint density at radius 3 is 2.34 bits per heavy atom. The van der Waals surface area contributed by atoms with Crippen molar-refractivity contribution in [3.8, 4) is 0 Å². The zero-order chi connectivity index (χ0) is 21.0. The maximum atomic E-state index is 13.2. The van der Waals surface area contributed by atoms with Crippen LogP contribution in [0.15, 0.2) is 71.6 Å². The minimum absolute atomic E-state index is 0.166. The second kappa shape index (κ2) is 8.45. The fraction of sp³-hybridized carbons (Fsp3) is 0.136. The Morgan fingerprint density at radius 1 is 0.966 bits per heavy atom. The molecule has 29 heavy (non-hydrogen) atoms. The van der Waals surface area contributed by atoms with Gasteiger partial charge >= 0.3 is 0 Å². The topological polar surface area (TPSA) is 75.3 Å². The molecule has 0 radical (unpaired) electrons. The molecule has 5 nitrogen and oxygen atoms in total. The van der Waals surface area contributed by atoms with Gasteiger partial charge in [-0.15, -0.1) is 0 Å². The Kier molecular flexibility index (Phi) is 5.98. The van der Waals surface area contributed by atoms with E-state index in [1.165, 1.54) is 12.1 Å². The van der Waals surface area contributed by atoms with Gasteiger partial charge in [0.25, 0.3) is 15.9 Å². The molecule has 0 fully saturated rings. The lowest BCUT2D eigenvalue weighted by molar-refractivity contribution is 0.0951. The predicted octanol–water partition coefficient (Wildman–Crippen LogP) is 4.17. The van der Waals surface area contributed by atoms with E-state index in [9.17, 15) is 17.6 Å². The van der Waals surface area contributed by atoms with Crippen LogP contribution in [0.3, 0.4) is 0 Å². The molecule has 0 unspecified atom stereocenters. The minimum atomic E-state index is -3.72. The molecule has 2 N–H and O–H groups in total. The molecule has 3 aromatic rings. The van der Waals surface area contributed by atoms with Gasteiger partial charge in [0, 0.05) is 12.1 Å². The van der Waals surface area contributed by atoms with Crippen LogP contribution in [0, 0.1) is 19.7 Å². The molecule has 0 heterocycles. The van der Waals surface area contributed by atoms with E-state index in [1.807, 2.05) is 6.92 Å². The van der Waals surface area contributed by atoms with Crippen molar-refractivity contribution < 1.29 is 17.6 Å². The fourth-order valence-corrected chi connectivity index (χ4v) is 3.90. The first kappa shape index (κ1) is 20.5. The molecule has 0 aliphatic carbocycles. The first-order valence-corrected chi connectivity index (χ1v) is 10.5. The van der Waals surface area contributed by atoms with Crippen molar-refractivity contribution in [2.75, 3.05) is 4.72 Å². The number of hydrogen-bond donors (Lipinski definition) is 2. The van der Waals surface area contributed by atoms with E-state index in [-0.39, 0.29) is 23.2 Å². The summed E-state index contributed by atoms with van der Waals surface area (Å²) in [7, 11) is -3.72. The van der Waals surface area contributed by atoms with E-state index in [2.05, 4.69) is 10.0 Å². The van der Waals surface area contributed by atoms with E-state index in [0.717, 1.165) is 5.56 Å². The number of carbonyl (C=O) groups is 1. The Balaban J connectivity index is 1.71. The second-order valence-corrected chi connectivity index (χ2v) is 8.44. The van der Waals surface area contributed by atoms with E-state index in [1.54, 1.807) is 61.5 Å². The van der Waals surface area contributed by atoms with Crippen LogP contribution in [0.4, 0.5) is 10.1 Å². The highest BCUT2D eigenvalue weighted by molar-refractivity contribution is 7.92. The number of halogens is 1. The highest BCUT2D eigenvalue weighted by atomic mass is 32.2. The van der Waals surface area contributed by atoms with Crippen LogP contribution in [-0.2, 0) is 16.6 Å². The molecular weight excluding hydrogens is 391 g/mol. The first-order chi connectivity index (χ1) is 13.7. The quantitative estimate of drug-likeness (QED) is 0.638. The predicted molar refractivity (Wildman–Crippen MR) is 111 cm³/mol. The molecule has 150 valence electrons. The normalized spacial score (nSPS) is 11.1. The maximum Gasteiger partial charge on any atom is 0.261 e. The van der Waals surface area contributed by atoms with Gasteiger partial charge in [-0.25, -0.2) is 12.8 Å². The van der Waals surface area contributed by atoms with Gasteiger partial charge in [-0.3, -0.25) is 9.52 Å². The Labute approximate surface area is 169 Å². The average molecular weight is 412 g/mol. The molecule has 0 bridgehead atoms. The molecule has 0 atom stereocenters. The summed E-state index contributed by atoms with van der Waals surface area (Å²) < 4.78 is 40.9. The fourth-order valence-electron chi connectivity index (χ4n) is 2.77. The van der Waals surface area contributed by atoms with Gasteiger partial charge < -0.3 is 5.32 Å². The van der Waals surface area contributed by atoms with Gasteiger partial charge in [0.2, 0.25) is 0 Å². The standard InChI is InChI=1S/C22H21FN2O3S/c1-15-6-9-20(10-7-15)29(27,28)25-21-11-8-18(12-16(21)2)22(26)24-14-17-4-3-5-19(23)13-17/h3-13,25H,14H2,1-2H3,(H,24,26). The molecule has 7 heteroatoms. The van der Waals surface area contributed by atoms with Crippen molar-refractivity contribution in [3.63, 3.8) is 0 Å². The summed E-state index contributed by atoms with van der Waals surface area (Å²) in [5.74, 6) is -0.692. The number of carbonyl (C=O) groups excluding carboxylic acids is 1. The van der Waals surface area contributed by atoms with Crippen molar-refractivity contribution in [3.05, 3.63) is 94.8 Å². The van der Waals surface area contributed by atoms with Gasteiger partial charge in [0.05, 0.1) is 10.6 Å². The molecular formula is C22H21FN2O3S. The summed E-state index contributed by atoms with van der Waals surface area (Å²) in [6.45, 7) is 3.79. The zero-order valence-corrected chi connectivity index (χ0v) is 16.9. The minimum Gasteiger partial charge on any atom is -0.348 e. The van der Waals surface area contributed by atoms with Crippen molar-refractivity contribution >= 4 is 21.6 Å². The molecule has 0 saturated carbocycles. The van der Waals surface area contributed by atoms with Crippen molar-refractivity contribution in [2.24, 2.45) is 0 Å². The largest absolute Gasteiger partial charge is 0.348 e. The Morgan fingerprint density at radius 2 is 1.69 bits per heavy atom. The van der Waals surface area contributed by atoms with Gasteiger partial charge in [-0.1, -0.05) is 29.8 Å². The van der Waals surface area contributed by atoms with E-state index in [0.29, 0.717) is 22.4 Å². The van der Waals surface area contributed by atoms with E-state index >= 15 is 0 Å². The summed E-state index contributed by atoms with van der Waals surface area (Å²) in [6, 6.07) is 17.2. The SMILES string of the molecule is Cc1ccc(S(=O)(=O)Nc2ccc(C(=O)NCc3cccc(F)c3)cc2C)cc1. The van der Waals surface area contributed by atoms with Crippen LogP contribution in [-0.4, -0.2) is 14.3 Å². The summed E-state index contributed by atoms with van der Waals surface area (Å²) >= 11 is 0. The van der Waals surface area contributed by atoms with Crippen molar-refractivity contribution in [1.29, 1.82) is 0 Å². The number of amides is 1. The second-order valence-electron chi connectivity index (χ2n) is 6.76. The van der Waals surface area contributed by atoms with Gasteiger partial charge in [-0.2, -0.15) is 0 Å². The number of aryl methyl sites for hydroxylation is 2. The summed E-state index contributed by atoms with van der Waals surface area (Å²) in [5.41, 5.74) is 3.01. The average Bonchev–Trinajstić information content (AvgIpc) is 2.68. The third-order valence-corrected chi connectivity index (χ3v) is 5.79. The molecule has 0 aliphatic heterocycles. The number of rotatable bonds is 6. The van der Waals surface area contributed by atoms with Crippen LogP contribution in [0.25, 0.3) is 0 Å². The van der Waals surface area contributed by atoms with Crippen LogP contribution in [0.1, 0.15) is 27.0 Å². The Bertz CT molecular complexity index is 1140. The number of hydrogen-bond acceptors (Lipinski definition) is 3. The Hall–Kier alpha value is -3.19. The third-order valence-electron chi connectivity index (χ3n) is 4.41. The molecule has 0 aliphatic rings. The molecule has 0 saturated heterocycles. The van der Waals surface area contributed by atoms with Crippen molar-refractivity contribution in [1.82, 2.24) is 5.32 Å². The summed E-state index contributed by atoms with van der Waals surface area (Å²) in [5, 5.41) is 2.72. The van der Waals surface area contributed by atoms with Crippen LogP contribution < -0.4 is 10.0 Å². The lowest BCUT2D eigenvalue weighted by atomic mass is 10.1. The maximum absolute atomic E-state index is 13.2. The van der Waals surface area contributed by atoms with E-state index in [4.69, 9.17) is 0 Å². The molecule has 3 rings (SSSR count). The monoisotopic (exact) mass is 412 g/mol. The molecule has 1 amide bonds. The van der Waals surface area contributed by atoms with Crippen molar-refractivity contribution in [2.45, 2.75) is 25.3 Å². The smallest absolute Gasteiger partial charge is 0.261 e. The van der Waals surface area contributed by atoms with Crippen LogP contribution >= 0.6 is 0 Å². The zero-order valence-electron chi connectivity index (χ0n) is 16.1. The lowest BCUT2D eigenvalue weighted by Crippen LogP contribution is -2.23. The number of benzene rings is 3. The van der Waals surface area contributed by atoms with Gasteiger partial charge in [0.15, 0.2) is 0 Å². The van der Waals surface area contributed by atoms with E-state index < -0.39 is 10.0 Å². The molecule has 3 aromatic carbocycles. The number of sulfonamides is 1.